The van der Waals surface area contributed by atoms with Crippen molar-refractivity contribution in [3.8, 4) is 5.75 Å². The zero-order valence-corrected chi connectivity index (χ0v) is 11.8. The molecule has 0 N–H and O–H groups in total. The molecule has 0 saturated heterocycles. The molecule has 4 heteroatoms. The van der Waals surface area contributed by atoms with Gasteiger partial charge in [0.1, 0.15) is 5.75 Å². The fraction of sp³-hybridized carbons (Fsp3) is 0.118. The van der Waals surface area contributed by atoms with Crippen molar-refractivity contribution in [3.05, 3.63) is 48.3 Å². The molecule has 0 aliphatic rings. The van der Waals surface area contributed by atoms with Gasteiger partial charge in [-0.25, -0.2) is 4.98 Å². The second kappa shape index (κ2) is 4.38. The van der Waals surface area contributed by atoms with Gasteiger partial charge in [-0.2, -0.15) is 0 Å². The van der Waals surface area contributed by atoms with Gasteiger partial charge < -0.3 is 4.74 Å². The van der Waals surface area contributed by atoms with Gasteiger partial charge in [-0.05, 0) is 43.3 Å². The lowest BCUT2D eigenvalue weighted by molar-refractivity contribution is 0.415. The maximum Gasteiger partial charge on any atom is 0.119 e. The van der Waals surface area contributed by atoms with Gasteiger partial charge in [0.25, 0.3) is 0 Å². The predicted octanol–water partition coefficient (Wildman–Crippen LogP) is 3.65. The van der Waals surface area contributed by atoms with Crippen molar-refractivity contribution < 1.29 is 4.74 Å². The lowest BCUT2D eigenvalue weighted by atomic mass is 10.1. The summed E-state index contributed by atoms with van der Waals surface area (Å²) in [5.41, 5.74) is 4.60. The monoisotopic (exact) mass is 275 g/mol. The van der Waals surface area contributed by atoms with E-state index < -0.39 is 0 Å². The van der Waals surface area contributed by atoms with Gasteiger partial charge in [0.15, 0.2) is 0 Å². The molecule has 4 rings (SSSR count). The fourth-order valence-corrected chi connectivity index (χ4v) is 2.65. The number of nitrogens with zero attached hydrogens (tertiary/aromatic N) is 3. The second-order valence-electron chi connectivity index (χ2n) is 5.01. The van der Waals surface area contributed by atoms with Gasteiger partial charge in [0, 0.05) is 22.7 Å². The number of hydrogen-bond donors (Lipinski definition) is 0. The minimum absolute atomic E-state index is 0.808. The molecule has 0 fully saturated rings. The summed E-state index contributed by atoms with van der Waals surface area (Å²) in [6.45, 7) is 2.00. The quantitative estimate of drug-likeness (QED) is 0.393. The molecule has 0 radical (unpaired) electrons. The third-order valence-electron chi connectivity index (χ3n) is 3.72. The van der Waals surface area contributed by atoms with Crippen molar-refractivity contribution in [1.29, 1.82) is 0 Å². The summed E-state index contributed by atoms with van der Waals surface area (Å²) in [4.78, 5) is 13.8. The van der Waals surface area contributed by atoms with Gasteiger partial charge in [0.2, 0.25) is 0 Å². The molecule has 3 aromatic heterocycles. The van der Waals surface area contributed by atoms with Gasteiger partial charge >= 0.3 is 0 Å². The number of rotatable bonds is 1. The van der Waals surface area contributed by atoms with Crippen LogP contribution in [0.4, 0.5) is 0 Å². The summed E-state index contributed by atoms with van der Waals surface area (Å²) in [5, 5.41) is 2.03. The summed E-state index contributed by atoms with van der Waals surface area (Å²) in [6.07, 6.45) is 1.78. The number of methoxy groups -OCH3 is 1. The van der Waals surface area contributed by atoms with E-state index in [-0.39, 0.29) is 0 Å². The van der Waals surface area contributed by atoms with Crippen molar-refractivity contribution in [2.75, 3.05) is 7.11 Å². The second-order valence-corrected chi connectivity index (χ2v) is 5.01. The zero-order valence-electron chi connectivity index (χ0n) is 11.8. The van der Waals surface area contributed by atoms with E-state index in [0.29, 0.717) is 0 Å². The maximum atomic E-state index is 5.32. The molecule has 0 saturated carbocycles. The average Bonchev–Trinajstić information content (AvgIpc) is 2.53. The van der Waals surface area contributed by atoms with Crippen LogP contribution in [-0.4, -0.2) is 22.1 Å². The van der Waals surface area contributed by atoms with E-state index in [0.717, 1.165) is 44.3 Å². The molecule has 4 nitrogen and oxygen atoms in total. The molecule has 0 spiro atoms. The van der Waals surface area contributed by atoms with E-state index in [2.05, 4.69) is 16.0 Å². The van der Waals surface area contributed by atoms with E-state index in [4.69, 9.17) is 9.72 Å². The molecule has 0 aliphatic heterocycles. The lowest BCUT2D eigenvalue weighted by Gasteiger charge is -2.08. The Bertz CT molecular complexity index is 995. The smallest absolute Gasteiger partial charge is 0.119 e. The first-order valence-corrected chi connectivity index (χ1v) is 6.76. The van der Waals surface area contributed by atoms with E-state index >= 15 is 0 Å². The van der Waals surface area contributed by atoms with Crippen LogP contribution in [0.25, 0.3) is 32.8 Å². The van der Waals surface area contributed by atoms with Gasteiger partial charge in [0.05, 0.1) is 29.2 Å². The number of aryl methyl sites for hydroxylation is 1. The van der Waals surface area contributed by atoms with Crippen LogP contribution >= 0.6 is 0 Å². The first-order valence-electron chi connectivity index (χ1n) is 6.76. The van der Waals surface area contributed by atoms with Crippen LogP contribution in [0.15, 0.2) is 42.6 Å². The largest absolute Gasteiger partial charge is 0.497 e. The molecule has 3 heterocycles. The fourth-order valence-electron chi connectivity index (χ4n) is 2.65. The molecule has 4 aromatic rings. The zero-order chi connectivity index (χ0) is 14.4. The van der Waals surface area contributed by atoms with Crippen LogP contribution in [0.1, 0.15) is 5.69 Å². The number of fused-ring (bicyclic) bond motifs is 4. The highest BCUT2D eigenvalue weighted by Gasteiger charge is 2.10. The van der Waals surface area contributed by atoms with Crippen LogP contribution < -0.4 is 4.74 Å². The Morgan fingerprint density at radius 3 is 2.67 bits per heavy atom. The first kappa shape index (κ1) is 12.0. The summed E-state index contributed by atoms with van der Waals surface area (Å²) >= 11 is 0. The number of aromatic nitrogens is 3. The number of benzene rings is 1. The third kappa shape index (κ3) is 1.80. The molecular weight excluding hydrogens is 262 g/mol. The molecule has 0 atom stereocenters. The van der Waals surface area contributed by atoms with Crippen molar-refractivity contribution in [1.82, 2.24) is 15.0 Å². The number of ether oxygens (including phenoxy) is 1. The Labute approximate surface area is 121 Å². The topological polar surface area (TPSA) is 47.9 Å². The van der Waals surface area contributed by atoms with E-state index in [1.54, 1.807) is 13.3 Å². The molecule has 0 aliphatic carbocycles. The minimum atomic E-state index is 0.808. The Morgan fingerprint density at radius 1 is 0.905 bits per heavy atom. The highest BCUT2D eigenvalue weighted by molar-refractivity contribution is 6.07. The molecule has 1 aromatic carbocycles. The number of hydrogen-bond acceptors (Lipinski definition) is 4. The van der Waals surface area contributed by atoms with E-state index in [1.807, 2.05) is 37.3 Å². The van der Waals surface area contributed by atoms with Gasteiger partial charge in [-0.15, -0.1) is 0 Å². The van der Waals surface area contributed by atoms with Gasteiger partial charge in [-0.3, -0.25) is 9.97 Å². The maximum absolute atomic E-state index is 5.32. The predicted molar refractivity (Wildman–Crippen MR) is 83.6 cm³/mol. The molecule has 21 heavy (non-hydrogen) atoms. The van der Waals surface area contributed by atoms with Crippen molar-refractivity contribution in [2.45, 2.75) is 6.92 Å². The van der Waals surface area contributed by atoms with Crippen LogP contribution in [0.5, 0.6) is 5.75 Å². The summed E-state index contributed by atoms with van der Waals surface area (Å²) in [6, 6.07) is 11.8. The molecule has 0 bridgehead atoms. The molecule has 0 unspecified atom stereocenters. The number of pyridine rings is 3. The van der Waals surface area contributed by atoms with Crippen molar-refractivity contribution in [2.24, 2.45) is 0 Å². The highest BCUT2D eigenvalue weighted by atomic mass is 16.5. The van der Waals surface area contributed by atoms with Crippen LogP contribution in [0.3, 0.4) is 0 Å². The van der Waals surface area contributed by atoms with Gasteiger partial charge in [-0.1, -0.05) is 0 Å². The lowest BCUT2D eigenvalue weighted by Crippen LogP contribution is -1.93. The summed E-state index contributed by atoms with van der Waals surface area (Å²) in [7, 11) is 1.66. The van der Waals surface area contributed by atoms with Crippen molar-refractivity contribution in [3.63, 3.8) is 0 Å². The highest BCUT2D eigenvalue weighted by Crippen LogP contribution is 2.29. The van der Waals surface area contributed by atoms with Crippen LogP contribution in [0.2, 0.25) is 0 Å². The Hall–Kier alpha value is -2.75. The average molecular weight is 275 g/mol. The minimum Gasteiger partial charge on any atom is -0.497 e. The van der Waals surface area contributed by atoms with Crippen molar-refractivity contribution >= 4 is 32.8 Å². The summed E-state index contributed by atoms with van der Waals surface area (Å²) < 4.78 is 5.32. The standard InChI is InChI=1S/C17H13N3O/c1-10-12-9-16-15(4-3-7-18-16)20-17(12)13-8-11(21-2)5-6-14(13)19-10/h3-9H,1-2H3. The third-order valence-corrected chi connectivity index (χ3v) is 3.72. The Morgan fingerprint density at radius 2 is 1.81 bits per heavy atom. The SMILES string of the molecule is COc1ccc2nc(C)c3cc4ncccc4nc3c2c1. The Kier molecular flexibility index (Phi) is 2.51. The van der Waals surface area contributed by atoms with E-state index in [9.17, 15) is 0 Å². The van der Waals surface area contributed by atoms with E-state index in [1.165, 1.54) is 0 Å². The molecular formula is C17H13N3O. The first-order chi connectivity index (χ1) is 10.3. The summed E-state index contributed by atoms with van der Waals surface area (Å²) in [5.74, 6) is 0.808. The van der Waals surface area contributed by atoms with Crippen LogP contribution in [0, 0.1) is 6.92 Å². The molecule has 0 amide bonds. The molecule has 102 valence electrons. The normalized spacial score (nSPS) is 11.3. The van der Waals surface area contributed by atoms with Crippen LogP contribution in [-0.2, 0) is 0 Å². The Balaban J connectivity index is 2.23.